The van der Waals surface area contributed by atoms with E-state index in [1.165, 1.54) is 17.4 Å². The largest absolute Gasteiger partial charge is 0.497 e. The Balaban J connectivity index is 1.50. The summed E-state index contributed by atoms with van der Waals surface area (Å²) in [7, 11) is 1.56. The summed E-state index contributed by atoms with van der Waals surface area (Å²) in [4.78, 5) is 12.4. The number of rotatable bonds is 6. The zero-order valence-corrected chi connectivity index (χ0v) is 16.7. The molecule has 0 radical (unpaired) electrons. The Labute approximate surface area is 175 Å². The number of aromatic nitrogens is 2. The lowest BCUT2D eigenvalue weighted by molar-refractivity contribution is 0.102. The van der Waals surface area contributed by atoms with Crippen LogP contribution < -0.4 is 14.8 Å². The van der Waals surface area contributed by atoms with Gasteiger partial charge >= 0.3 is 0 Å². The summed E-state index contributed by atoms with van der Waals surface area (Å²) in [6.45, 7) is 0. The predicted molar refractivity (Wildman–Crippen MR) is 113 cm³/mol. The van der Waals surface area contributed by atoms with Gasteiger partial charge in [0.05, 0.1) is 7.11 Å². The zero-order chi connectivity index (χ0) is 20.9. The number of methoxy groups -OCH3 is 1. The molecule has 3 aromatic carbocycles. The molecule has 8 heteroatoms. The van der Waals surface area contributed by atoms with Gasteiger partial charge in [-0.2, -0.15) is 0 Å². The number of carbonyl (C=O) groups excluding carboxylic acids is 1. The molecule has 1 aromatic heterocycles. The van der Waals surface area contributed by atoms with E-state index in [1.54, 1.807) is 67.8 Å². The van der Waals surface area contributed by atoms with Crippen LogP contribution in [-0.4, -0.2) is 23.2 Å². The van der Waals surface area contributed by atoms with Crippen molar-refractivity contribution in [2.75, 3.05) is 12.4 Å². The van der Waals surface area contributed by atoms with Crippen LogP contribution >= 0.6 is 11.3 Å². The summed E-state index contributed by atoms with van der Waals surface area (Å²) in [6.07, 6.45) is 0. The van der Waals surface area contributed by atoms with E-state index in [9.17, 15) is 9.18 Å². The van der Waals surface area contributed by atoms with Crippen LogP contribution in [0, 0.1) is 5.82 Å². The van der Waals surface area contributed by atoms with E-state index in [1.807, 2.05) is 6.07 Å². The standard InChI is InChI=1S/C22H16FN3O3S/c1-28-16-10-7-14(8-11-16)20(27)24-22-26-25-21(30-22)15-9-12-18(23)19(13-15)29-17-5-3-2-4-6-17/h2-13H,1H3,(H,24,26,27). The fourth-order valence-corrected chi connectivity index (χ4v) is 3.37. The highest BCUT2D eigenvalue weighted by Crippen LogP contribution is 2.32. The summed E-state index contributed by atoms with van der Waals surface area (Å²) < 4.78 is 24.9. The number of hydrogen-bond donors (Lipinski definition) is 1. The molecule has 0 saturated heterocycles. The number of nitrogens with zero attached hydrogens (tertiary/aromatic N) is 2. The predicted octanol–water partition coefficient (Wildman–Crippen LogP) is 5.40. The quantitative estimate of drug-likeness (QED) is 0.451. The molecule has 0 spiro atoms. The van der Waals surface area contributed by atoms with Crippen LogP contribution in [0.4, 0.5) is 9.52 Å². The lowest BCUT2D eigenvalue weighted by atomic mass is 10.2. The SMILES string of the molecule is COc1ccc(C(=O)Nc2nnc(-c3ccc(F)c(Oc4ccccc4)c3)s2)cc1. The van der Waals surface area contributed by atoms with E-state index in [4.69, 9.17) is 9.47 Å². The maximum atomic E-state index is 14.2. The zero-order valence-electron chi connectivity index (χ0n) is 15.8. The lowest BCUT2D eigenvalue weighted by Crippen LogP contribution is -2.11. The highest BCUT2D eigenvalue weighted by Gasteiger charge is 2.14. The molecule has 4 rings (SSSR count). The van der Waals surface area contributed by atoms with Gasteiger partial charge in [0.15, 0.2) is 11.6 Å². The minimum atomic E-state index is -0.486. The number of para-hydroxylation sites is 1. The summed E-state index contributed by atoms with van der Waals surface area (Å²) in [5, 5.41) is 11.7. The van der Waals surface area contributed by atoms with Gasteiger partial charge in [0.2, 0.25) is 5.13 Å². The molecule has 0 atom stereocenters. The molecule has 150 valence electrons. The fourth-order valence-electron chi connectivity index (χ4n) is 2.63. The topological polar surface area (TPSA) is 73.3 Å². The van der Waals surface area contributed by atoms with Gasteiger partial charge in [-0.3, -0.25) is 10.1 Å². The maximum absolute atomic E-state index is 14.2. The van der Waals surface area contributed by atoms with E-state index in [0.29, 0.717) is 32.8 Å². The van der Waals surface area contributed by atoms with Crippen LogP contribution in [0.5, 0.6) is 17.2 Å². The van der Waals surface area contributed by atoms with Gasteiger partial charge in [0.25, 0.3) is 5.91 Å². The Morgan fingerprint density at radius 2 is 1.73 bits per heavy atom. The van der Waals surface area contributed by atoms with Crippen LogP contribution in [0.15, 0.2) is 72.8 Å². The number of carbonyl (C=O) groups is 1. The Morgan fingerprint density at radius 3 is 2.47 bits per heavy atom. The summed E-state index contributed by atoms with van der Waals surface area (Å²) >= 11 is 1.18. The molecule has 0 bridgehead atoms. The summed E-state index contributed by atoms with van der Waals surface area (Å²) in [6, 6.07) is 20.1. The second kappa shape index (κ2) is 8.71. The molecular formula is C22H16FN3O3S. The minimum absolute atomic E-state index is 0.0812. The Hall–Kier alpha value is -3.78. The molecule has 30 heavy (non-hydrogen) atoms. The van der Waals surface area contributed by atoms with Crippen molar-refractivity contribution in [3.8, 4) is 27.8 Å². The van der Waals surface area contributed by atoms with Crippen molar-refractivity contribution in [1.29, 1.82) is 0 Å². The molecule has 0 aliphatic carbocycles. The molecule has 0 fully saturated rings. The van der Waals surface area contributed by atoms with Crippen LogP contribution in [0.1, 0.15) is 10.4 Å². The molecular weight excluding hydrogens is 405 g/mol. The third kappa shape index (κ3) is 4.44. The molecule has 6 nitrogen and oxygen atoms in total. The molecule has 1 N–H and O–H groups in total. The molecule has 1 heterocycles. The summed E-state index contributed by atoms with van der Waals surface area (Å²) in [5.41, 5.74) is 1.10. The normalized spacial score (nSPS) is 10.5. The highest BCUT2D eigenvalue weighted by molar-refractivity contribution is 7.18. The Bertz CT molecular complexity index is 1160. The van der Waals surface area contributed by atoms with Gasteiger partial charge < -0.3 is 9.47 Å². The summed E-state index contributed by atoms with van der Waals surface area (Å²) in [5.74, 6) is 0.471. The first-order chi connectivity index (χ1) is 14.6. The number of amides is 1. The van der Waals surface area contributed by atoms with Crippen LogP contribution in [0.2, 0.25) is 0 Å². The van der Waals surface area contributed by atoms with Gasteiger partial charge in [-0.25, -0.2) is 4.39 Å². The molecule has 0 aliphatic rings. The number of hydrogen-bond acceptors (Lipinski definition) is 6. The Kier molecular flexibility index (Phi) is 5.67. The first-order valence-electron chi connectivity index (χ1n) is 8.94. The molecule has 1 amide bonds. The molecule has 0 unspecified atom stereocenters. The van der Waals surface area contributed by atoms with E-state index in [-0.39, 0.29) is 11.7 Å². The van der Waals surface area contributed by atoms with E-state index in [0.717, 1.165) is 0 Å². The van der Waals surface area contributed by atoms with E-state index in [2.05, 4.69) is 15.5 Å². The number of nitrogens with one attached hydrogen (secondary N) is 1. The van der Waals surface area contributed by atoms with Crippen molar-refractivity contribution in [3.05, 3.63) is 84.2 Å². The van der Waals surface area contributed by atoms with Crippen molar-refractivity contribution in [2.45, 2.75) is 0 Å². The van der Waals surface area contributed by atoms with Crippen LogP contribution in [0.3, 0.4) is 0 Å². The number of halogens is 1. The molecule has 4 aromatic rings. The van der Waals surface area contributed by atoms with Gasteiger partial charge in [0.1, 0.15) is 16.5 Å². The third-order valence-corrected chi connectivity index (χ3v) is 5.03. The molecule has 0 aliphatic heterocycles. The van der Waals surface area contributed by atoms with Gasteiger partial charge in [-0.05, 0) is 54.6 Å². The van der Waals surface area contributed by atoms with Crippen molar-refractivity contribution < 1.29 is 18.7 Å². The van der Waals surface area contributed by atoms with Crippen molar-refractivity contribution >= 4 is 22.4 Å². The van der Waals surface area contributed by atoms with Crippen molar-refractivity contribution in [1.82, 2.24) is 10.2 Å². The van der Waals surface area contributed by atoms with Crippen LogP contribution in [-0.2, 0) is 0 Å². The minimum Gasteiger partial charge on any atom is -0.497 e. The average Bonchev–Trinajstić information content (AvgIpc) is 3.24. The fraction of sp³-hybridized carbons (Fsp3) is 0.0455. The second-order valence-corrected chi connectivity index (χ2v) is 7.13. The van der Waals surface area contributed by atoms with Crippen LogP contribution in [0.25, 0.3) is 10.6 Å². The van der Waals surface area contributed by atoms with E-state index < -0.39 is 5.82 Å². The highest BCUT2D eigenvalue weighted by atomic mass is 32.1. The molecule has 0 saturated carbocycles. The maximum Gasteiger partial charge on any atom is 0.257 e. The van der Waals surface area contributed by atoms with Crippen molar-refractivity contribution in [2.24, 2.45) is 0 Å². The van der Waals surface area contributed by atoms with Gasteiger partial charge in [-0.15, -0.1) is 10.2 Å². The third-order valence-electron chi connectivity index (χ3n) is 4.15. The van der Waals surface area contributed by atoms with Crippen molar-refractivity contribution in [3.63, 3.8) is 0 Å². The number of ether oxygens (including phenoxy) is 2. The Morgan fingerprint density at radius 1 is 0.967 bits per heavy atom. The van der Waals surface area contributed by atoms with Gasteiger partial charge in [0, 0.05) is 11.1 Å². The monoisotopic (exact) mass is 421 g/mol. The number of anilines is 1. The average molecular weight is 421 g/mol. The number of benzene rings is 3. The second-order valence-electron chi connectivity index (χ2n) is 6.16. The van der Waals surface area contributed by atoms with Gasteiger partial charge in [-0.1, -0.05) is 29.5 Å². The first kappa shape index (κ1) is 19.5. The van der Waals surface area contributed by atoms with E-state index >= 15 is 0 Å². The first-order valence-corrected chi connectivity index (χ1v) is 9.76. The lowest BCUT2D eigenvalue weighted by Gasteiger charge is -2.07. The smallest absolute Gasteiger partial charge is 0.257 e.